The zero-order chi connectivity index (χ0) is 18.5. The molecule has 1 heterocycles. The first-order valence-electron chi connectivity index (χ1n) is 8.86. The van der Waals surface area contributed by atoms with E-state index >= 15 is 0 Å². The lowest BCUT2D eigenvalue weighted by Gasteiger charge is -2.28. The van der Waals surface area contributed by atoms with Crippen LogP contribution in [0.3, 0.4) is 0 Å². The Balaban J connectivity index is 0.00000139. The van der Waals surface area contributed by atoms with Gasteiger partial charge in [-0.05, 0) is 47.4 Å². The number of carbonyl (C=O) groups excluding carboxylic acids is 1. The van der Waals surface area contributed by atoms with Crippen LogP contribution in [0.5, 0.6) is 0 Å². The lowest BCUT2D eigenvalue weighted by Crippen LogP contribution is -2.17. The molecule has 0 bridgehead atoms. The van der Waals surface area contributed by atoms with E-state index in [9.17, 15) is 4.79 Å². The third-order valence-corrected chi connectivity index (χ3v) is 4.32. The van der Waals surface area contributed by atoms with E-state index < -0.39 is 0 Å². The minimum absolute atomic E-state index is 0.0302. The highest BCUT2D eigenvalue weighted by Crippen LogP contribution is 2.39. The number of ether oxygens (including phenoxy) is 1. The largest absolute Gasteiger partial charge is 0.445 e. The first-order valence-corrected chi connectivity index (χ1v) is 8.86. The molecule has 1 atom stereocenters. The molecule has 0 aliphatic heterocycles. The Morgan fingerprint density at radius 2 is 1.96 bits per heavy atom. The lowest BCUT2D eigenvalue weighted by molar-refractivity contribution is -0.132. The van der Waals surface area contributed by atoms with E-state index in [0.717, 1.165) is 17.3 Å². The van der Waals surface area contributed by atoms with Gasteiger partial charge in [0.05, 0.1) is 11.7 Å². The molecule has 0 N–H and O–H groups in total. The van der Waals surface area contributed by atoms with Crippen LogP contribution in [0.15, 0.2) is 12.3 Å². The summed E-state index contributed by atoms with van der Waals surface area (Å²) in [6.07, 6.45) is 3.01. The molecule has 0 saturated carbocycles. The van der Waals surface area contributed by atoms with Gasteiger partial charge in [-0.2, -0.15) is 5.10 Å². The fourth-order valence-corrected chi connectivity index (χ4v) is 3.22. The van der Waals surface area contributed by atoms with Crippen molar-refractivity contribution >= 4 is 17.4 Å². The molecular formula is C20H32N2O2. The molecular weight excluding hydrogens is 300 g/mol. The molecule has 0 radical (unpaired) electrons. The Bertz CT molecular complexity index is 681. The van der Waals surface area contributed by atoms with Gasteiger partial charge in [0.1, 0.15) is 0 Å². The molecule has 1 aromatic heterocycles. The summed E-state index contributed by atoms with van der Waals surface area (Å²) >= 11 is 0. The molecule has 4 nitrogen and oxygen atoms in total. The van der Waals surface area contributed by atoms with Crippen molar-refractivity contribution in [2.45, 2.75) is 79.9 Å². The number of aromatic nitrogens is 2. The molecule has 0 fully saturated rings. The van der Waals surface area contributed by atoms with Gasteiger partial charge in [-0.15, -0.1) is 0 Å². The zero-order valence-corrected chi connectivity index (χ0v) is 16.4. The first kappa shape index (κ1) is 20.2. The number of hydrogen-bond donors (Lipinski definition) is 0. The molecule has 0 spiro atoms. The van der Waals surface area contributed by atoms with Crippen LogP contribution in [-0.2, 0) is 21.7 Å². The Morgan fingerprint density at radius 1 is 1.33 bits per heavy atom. The number of fused-ring (bicyclic) bond motifs is 1. The van der Waals surface area contributed by atoms with Crippen LogP contribution in [0.1, 0.15) is 77.5 Å². The summed E-state index contributed by atoms with van der Waals surface area (Å²) in [5.74, 6) is 0.508. The fraction of sp³-hybridized carbons (Fsp3) is 0.600. The third-order valence-electron chi connectivity index (χ3n) is 4.32. The maximum atomic E-state index is 10.4. The second-order valence-corrected chi connectivity index (χ2v) is 7.01. The summed E-state index contributed by atoms with van der Waals surface area (Å²) in [4.78, 5) is 10.4. The molecule has 1 aromatic carbocycles. The van der Waals surface area contributed by atoms with Crippen molar-refractivity contribution in [3.05, 3.63) is 29.0 Å². The molecule has 0 saturated heterocycles. The van der Waals surface area contributed by atoms with Gasteiger partial charge < -0.3 is 4.74 Å². The summed E-state index contributed by atoms with van der Waals surface area (Å²) in [5.41, 5.74) is 5.12. The number of nitrogens with zero attached hydrogens (tertiary/aromatic N) is 2. The number of hydrogen-bond acceptors (Lipinski definition) is 3. The van der Waals surface area contributed by atoms with E-state index in [0.29, 0.717) is 12.4 Å². The van der Waals surface area contributed by atoms with Crippen LogP contribution >= 0.6 is 0 Å². The summed E-state index contributed by atoms with van der Waals surface area (Å²) < 4.78 is 6.61. The predicted octanol–water partition coefficient (Wildman–Crippen LogP) is 5.31. The average Bonchev–Trinajstić information content (AvgIpc) is 2.94. The number of aryl methyl sites for hydroxylation is 1. The van der Waals surface area contributed by atoms with Crippen molar-refractivity contribution in [3.8, 4) is 0 Å². The second kappa shape index (κ2) is 8.32. The molecule has 0 amide bonds. The third kappa shape index (κ3) is 3.97. The molecule has 2 aromatic rings. The zero-order valence-electron chi connectivity index (χ0n) is 16.4. The number of benzene rings is 1. The molecule has 2 rings (SSSR count). The maximum Gasteiger partial charge on any atom is 0.294 e. The quantitative estimate of drug-likeness (QED) is 0.697. The highest BCUT2D eigenvalue weighted by molar-refractivity contribution is 5.86. The molecule has 1 unspecified atom stereocenters. The van der Waals surface area contributed by atoms with Crippen LogP contribution in [0.25, 0.3) is 10.9 Å². The van der Waals surface area contributed by atoms with Gasteiger partial charge in [0.15, 0.2) is 6.73 Å². The van der Waals surface area contributed by atoms with Gasteiger partial charge in [-0.25, -0.2) is 4.68 Å². The predicted molar refractivity (Wildman–Crippen MR) is 100 cm³/mol. The number of rotatable bonds is 5. The lowest BCUT2D eigenvalue weighted by atomic mass is 9.76. The van der Waals surface area contributed by atoms with Crippen molar-refractivity contribution in [1.29, 1.82) is 0 Å². The van der Waals surface area contributed by atoms with Crippen LogP contribution in [0.2, 0.25) is 0 Å². The molecule has 134 valence electrons. The van der Waals surface area contributed by atoms with Crippen molar-refractivity contribution < 1.29 is 9.53 Å². The Kier molecular flexibility index (Phi) is 7.00. The van der Waals surface area contributed by atoms with E-state index in [-0.39, 0.29) is 12.1 Å². The van der Waals surface area contributed by atoms with Gasteiger partial charge in [-0.3, -0.25) is 4.79 Å². The summed E-state index contributed by atoms with van der Waals surface area (Å²) in [6.45, 7) is 18.0. The van der Waals surface area contributed by atoms with Crippen LogP contribution in [-0.4, -0.2) is 16.3 Å². The standard InChI is InChI=1S/C18H26N2O2.C2H6/c1-7-12(2)16-13(3)8-15-14(17(16)18(4,5)6)9-19-20(15)10-22-11-21;1-2/h8-9,11-12H,7,10H2,1-6H3;1-2H3. The highest BCUT2D eigenvalue weighted by atomic mass is 16.5. The van der Waals surface area contributed by atoms with Crippen molar-refractivity contribution in [1.82, 2.24) is 9.78 Å². The monoisotopic (exact) mass is 332 g/mol. The smallest absolute Gasteiger partial charge is 0.294 e. The van der Waals surface area contributed by atoms with Gasteiger partial charge in [-0.1, -0.05) is 48.5 Å². The molecule has 4 heteroatoms. The van der Waals surface area contributed by atoms with Crippen LogP contribution < -0.4 is 0 Å². The van der Waals surface area contributed by atoms with Crippen LogP contribution in [0.4, 0.5) is 0 Å². The van der Waals surface area contributed by atoms with E-state index in [1.807, 2.05) is 20.0 Å². The van der Waals surface area contributed by atoms with Crippen molar-refractivity contribution in [2.75, 3.05) is 0 Å². The first-order chi connectivity index (χ1) is 11.3. The van der Waals surface area contributed by atoms with Crippen molar-refractivity contribution in [2.24, 2.45) is 0 Å². The average molecular weight is 332 g/mol. The van der Waals surface area contributed by atoms with Crippen LogP contribution in [0, 0.1) is 6.92 Å². The molecule has 0 aliphatic rings. The van der Waals surface area contributed by atoms with E-state index in [1.165, 1.54) is 16.7 Å². The number of carbonyl (C=O) groups is 1. The van der Waals surface area contributed by atoms with E-state index in [1.54, 1.807) is 4.68 Å². The Morgan fingerprint density at radius 3 is 2.46 bits per heavy atom. The van der Waals surface area contributed by atoms with Gasteiger partial charge >= 0.3 is 0 Å². The fourth-order valence-electron chi connectivity index (χ4n) is 3.22. The summed E-state index contributed by atoms with van der Waals surface area (Å²) in [7, 11) is 0. The second-order valence-electron chi connectivity index (χ2n) is 7.01. The van der Waals surface area contributed by atoms with E-state index in [2.05, 4.69) is 52.7 Å². The van der Waals surface area contributed by atoms with Crippen molar-refractivity contribution in [3.63, 3.8) is 0 Å². The summed E-state index contributed by atoms with van der Waals surface area (Å²) in [6, 6.07) is 2.16. The summed E-state index contributed by atoms with van der Waals surface area (Å²) in [5, 5.41) is 5.56. The Hall–Kier alpha value is -1.84. The maximum absolute atomic E-state index is 10.4. The molecule has 24 heavy (non-hydrogen) atoms. The SMILES string of the molecule is CC.CCC(C)c1c(C)cc2c(cnn2COC=O)c1C(C)(C)C. The van der Waals surface area contributed by atoms with E-state index in [4.69, 9.17) is 4.74 Å². The normalized spacial score (nSPS) is 12.5. The van der Waals surface area contributed by atoms with Gasteiger partial charge in [0.2, 0.25) is 0 Å². The Labute approximate surface area is 146 Å². The molecule has 0 aliphatic carbocycles. The topological polar surface area (TPSA) is 44.1 Å². The van der Waals surface area contributed by atoms with Gasteiger partial charge in [0.25, 0.3) is 6.47 Å². The minimum atomic E-state index is 0.0302. The minimum Gasteiger partial charge on any atom is -0.445 e. The van der Waals surface area contributed by atoms with Gasteiger partial charge in [0, 0.05) is 5.39 Å². The highest BCUT2D eigenvalue weighted by Gasteiger charge is 2.26.